The summed E-state index contributed by atoms with van der Waals surface area (Å²) in [6, 6.07) is 20.5. The summed E-state index contributed by atoms with van der Waals surface area (Å²) >= 11 is 12.4. The van der Waals surface area contributed by atoms with Crippen LogP contribution in [-0.4, -0.2) is 10.2 Å². The summed E-state index contributed by atoms with van der Waals surface area (Å²) in [4.78, 5) is 0. The summed E-state index contributed by atoms with van der Waals surface area (Å²) in [5.74, 6) is 0.237. The van der Waals surface area contributed by atoms with Crippen molar-refractivity contribution >= 4 is 28.9 Å². The van der Waals surface area contributed by atoms with Crippen molar-refractivity contribution in [2.24, 2.45) is 0 Å². The number of benzene rings is 3. The fourth-order valence-electron chi connectivity index (χ4n) is 2.79. The molecule has 4 aromatic rings. The van der Waals surface area contributed by atoms with Crippen molar-refractivity contribution < 1.29 is 8.81 Å². The van der Waals surface area contributed by atoms with E-state index in [-0.39, 0.29) is 5.02 Å². The van der Waals surface area contributed by atoms with Gasteiger partial charge in [0.05, 0.1) is 21.3 Å². The molecule has 3 aromatic carbocycles. The largest absolute Gasteiger partial charge is 0.418 e. The average Bonchev–Trinajstić information content (AvgIpc) is 3.18. The molecule has 0 aliphatic heterocycles. The minimum absolute atomic E-state index is 0.256. The van der Waals surface area contributed by atoms with Crippen LogP contribution in [0.25, 0.3) is 11.5 Å². The molecule has 0 radical (unpaired) electrons. The maximum atomic E-state index is 13.4. The molecule has 1 heterocycles. The Morgan fingerprint density at radius 2 is 1.61 bits per heavy atom. The molecule has 4 nitrogen and oxygen atoms in total. The van der Waals surface area contributed by atoms with Gasteiger partial charge in [0.25, 0.3) is 0 Å². The van der Waals surface area contributed by atoms with E-state index in [1.165, 1.54) is 12.1 Å². The lowest BCUT2D eigenvalue weighted by molar-refractivity contribution is 0.494. The topological polar surface area (TPSA) is 51.0 Å². The third-order valence-electron chi connectivity index (χ3n) is 4.16. The van der Waals surface area contributed by atoms with Crippen molar-refractivity contribution in [1.82, 2.24) is 10.2 Å². The Balaban J connectivity index is 1.73. The summed E-state index contributed by atoms with van der Waals surface area (Å²) in [7, 11) is 0. The maximum absolute atomic E-state index is 13.4. The first-order chi connectivity index (χ1) is 13.6. The van der Waals surface area contributed by atoms with Crippen molar-refractivity contribution in [3.05, 3.63) is 100 Å². The molecule has 1 aromatic heterocycles. The van der Waals surface area contributed by atoms with E-state index in [2.05, 4.69) is 15.5 Å². The standard InChI is InChI=1S/C21H14Cl2FN3O/c22-16-9-5-4-8-15(16)20-26-27-21(28-20)19(13-6-2-1-3-7-13)25-18-11-10-14(24)12-17(18)23/h1-12,19,25H. The van der Waals surface area contributed by atoms with E-state index in [4.69, 9.17) is 27.6 Å². The van der Waals surface area contributed by atoms with Crippen LogP contribution in [0.15, 0.2) is 77.2 Å². The minimum Gasteiger partial charge on any atom is -0.418 e. The number of hydrogen-bond donors (Lipinski definition) is 1. The molecule has 4 rings (SSSR count). The summed E-state index contributed by atoms with van der Waals surface area (Å²) in [5.41, 5.74) is 2.08. The van der Waals surface area contributed by atoms with Crippen LogP contribution in [0.4, 0.5) is 10.1 Å². The van der Waals surface area contributed by atoms with Crippen LogP contribution in [0, 0.1) is 5.82 Å². The first-order valence-corrected chi connectivity index (χ1v) is 9.22. The number of hydrogen-bond acceptors (Lipinski definition) is 4. The SMILES string of the molecule is Fc1ccc(NC(c2ccccc2)c2nnc(-c3ccccc3Cl)o2)c(Cl)c1. The Morgan fingerprint density at radius 1 is 0.857 bits per heavy atom. The zero-order valence-electron chi connectivity index (χ0n) is 14.4. The highest BCUT2D eigenvalue weighted by atomic mass is 35.5. The summed E-state index contributed by atoms with van der Waals surface area (Å²) in [6.45, 7) is 0. The maximum Gasteiger partial charge on any atom is 0.249 e. The number of nitrogens with one attached hydrogen (secondary N) is 1. The van der Waals surface area contributed by atoms with Crippen LogP contribution < -0.4 is 5.32 Å². The molecule has 28 heavy (non-hydrogen) atoms. The zero-order chi connectivity index (χ0) is 19.5. The van der Waals surface area contributed by atoms with Gasteiger partial charge in [-0.25, -0.2) is 4.39 Å². The van der Waals surface area contributed by atoms with E-state index in [9.17, 15) is 4.39 Å². The van der Waals surface area contributed by atoms with Crippen LogP contribution in [0.1, 0.15) is 17.5 Å². The number of aromatic nitrogens is 2. The Labute approximate surface area is 170 Å². The second kappa shape index (κ2) is 8.00. The van der Waals surface area contributed by atoms with Gasteiger partial charge in [-0.05, 0) is 35.9 Å². The zero-order valence-corrected chi connectivity index (χ0v) is 16.0. The molecule has 0 saturated carbocycles. The quantitative estimate of drug-likeness (QED) is 0.412. The number of rotatable bonds is 5. The highest BCUT2D eigenvalue weighted by Crippen LogP contribution is 2.33. The van der Waals surface area contributed by atoms with Crippen LogP contribution in [0.3, 0.4) is 0 Å². The Kier molecular flexibility index (Phi) is 5.28. The molecule has 0 aliphatic carbocycles. The third kappa shape index (κ3) is 3.86. The highest BCUT2D eigenvalue weighted by molar-refractivity contribution is 6.33. The van der Waals surface area contributed by atoms with Gasteiger partial charge >= 0.3 is 0 Å². The number of anilines is 1. The van der Waals surface area contributed by atoms with E-state index >= 15 is 0 Å². The van der Waals surface area contributed by atoms with E-state index in [0.717, 1.165) is 5.56 Å². The lowest BCUT2D eigenvalue weighted by Crippen LogP contribution is -2.13. The van der Waals surface area contributed by atoms with Crippen LogP contribution >= 0.6 is 23.2 Å². The predicted molar refractivity (Wildman–Crippen MR) is 108 cm³/mol. The smallest absolute Gasteiger partial charge is 0.249 e. The van der Waals surface area contributed by atoms with E-state index in [1.807, 2.05) is 42.5 Å². The molecule has 1 N–H and O–H groups in total. The van der Waals surface area contributed by atoms with E-state index < -0.39 is 11.9 Å². The number of nitrogens with zero attached hydrogens (tertiary/aromatic N) is 2. The van der Waals surface area contributed by atoms with E-state index in [1.54, 1.807) is 18.2 Å². The monoisotopic (exact) mass is 413 g/mol. The third-order valence-corrected chi connectivity index (χ3v) is 4.80. The van der Waals surface area contributed by atoms with Crippen molar-refractivity contribution in [2.75, 3.05) is 5.32 Å². The minimum atomic E-state index is -0.479. The van der Waals surface area contributed by atoms with Crippen molar-refractivity contribution in [1.29, 1.82) is 0 Å². The van der Waals surface area contributed by atoms with Gasteiger partial charge in [0.15, 0.2) is 0 Å². The van der Waals surface area contributed by atoms with Gasteiger partial charge in [-0.2, -0.15) is 0 Å². The van der Waals surface area contributed by atoms with Crippen LogP contribution in [0.2, 0.25) is 10.0 Å². The molecule has 0 spiro atoms. The van der Waals surface area contributed by atoms with Gasteiger partial charge in [-0.3, -0.25) is 0 Å². The molecule has 140 valence electrons. The molecule has 1 atom stereocenters. The molecular formula is C21H14Cl2FN3O. The lowest BCUT2D eigenvalue weighted by Gasteiger charge is -2.18. The fourth-order valence-corrected chi connectivity index (χ4v) is 3.23. The highest BCUT2D eigenvalue weighted by Gasteiger charge is 2.23. The lowest BCUT2D eigenvalue weighted by atomic mass is 10.1. The fraction of sp³-hybridized carbons (Fsp3) is 0.0476. The van der Waals surface area contributed by atoms with Gasteiger partial charge in [0, 0.05) is 0 Å². The molecule has 0 fully saturated rings. The van der Waals surface area contributed by atoms with Gasteiger partial charge in [-0.15, -0.1) is 10.2 Å². The Hall–Kier alpha value is -2.89. The van der Waals surface area contributed by atoms with Gasteiger partial charge < -0.3 is 9.73 Å². The number of halogens is 3. The van der Waals surface area contributed by atoms with Crippen molar-refractivity contribution in [2.45, 2.75) is 6.04 Å². The van der Waals surface area contributed by atoms with Crippen LogP contribution in [-0.2, 0) is 0 Å². The Morgan fingerprint density at radius 3 is 2.36 bits per heavy atom. The summed E-state index contributed by atoms with van der Waals surface area (Å²) in [5, 5.41) is 12.4. The summed E-state index contributed by atoms with van der Waals surface area (Å²) in [6.07, 6.45) is 0. The summed E-state index contributed by atoms with van der Waals surface area (Å²) < 4.78 is 19.3. The van der Waals surface area contributed by atoms with E-state index in [0.29, 0.717) is 28.1 Å². The average molecular weight is 414 g/mol. The van der Waals surface area contributed by atoms with Crippen molar-refractivity contribution in [3.8, 4) is 11.5 Å². The molecular weight excluding hydrogens is 400 g/mol. The second-order valence-electron chi connectivity index (χ2n) is 6.04. The Bertz CT molecular complexity index is 1100. The van der Waals surface area contributed by atoms with Crippen LogP contribution in [0.5, 0.6) is 0 Å². The second-order valence-corrected chi connectivity index (χ2v) is 6.85. The van der Waals surface area contributed by atoms with Gasteiger partial charge in [0.1, 0.15) is 11.9 Å². The first-order valence-electron chi connectivity index (χ1n) is 8.46. The normalized spacial score (nSPS) is 12.0. The van der Waals surface area contributed by atoms with Gasteiger partial charge in [0.2, 0.25) is 11.8 Å². The first kappa shape index (κ1) is 18.5. The molecule has 7 heteroatoms. The predicted octanol–water partition coefficient (Wildman–Crippen LogP) is 6.38. The molecule has 0 amide bonds. The van der Waals surface area contributed by atoms with Crippen molar-refractivity contribution in [3.63, 3.8) is 0 Å². The molecule has 0 aliphatic rings. The molecule has 0 bridgehead atoms. The molecule has 1 unspecified atom stereocenters. The molecule has 0 saturated heterocycles. The van der Waals surface area contributed by atoms with Gasteiger partial charge in [-0.1, -0.05) is 65.7 Å².